The molecule has 1 heterocycles. The van der Waals surface area contributed by atoms with Crippen molar-refractivity contribution in [2.24, 2.45) is 5.92 Å². The van der Waals surface area contributed by atoms with Gasteiger partial charge in [0.25, 0.3) is 5.91 Å². The van der Waals surface area contributed by atoms with Gasteiger partial charge in [-0.2, -0.15) is 0 Å². The quantitative estimate of drug-likeness (QED) is 0.514. The fourth-order valence-electron chi connectivity index (χ4n) is 3.97. The molecule has 1 aromatic carbocycles. The molecule has 1 saturated carbocycles. The first-order valence-corrected chi connectivity index (χ1v) is 12.7. The third kappa shape index (κ3) is 6.25. The molecule has 1 atom stereocenters. The van der Waals surface area contributed by atoms with E-state index in [1.807, 2.05) is 25.3 Å². The molecule has 3 rings (SSSR count). The van der Waals surface area contributed by atoms with Crippen LogP contribution in [0.15, 0.2) is 29.4 Å². The van der Waals surface area contributed by atoms with Crippen LogP contribution in [0.5, 0.6) is 0 Å². The van der Waals surface area contributed by atoms with Crippen molar-refractivity contribution in [3.05, 3.63) is 40.7 Å². The van der Waals surface area contributed by atoms with Crippen LogP contribution >= 0.6 is 23.4 Å². The number of hydrogen-bond donors (Lipinski definition) is 2. The fourth-order valence-corrected chi connectivity index (χ4v) is 5.02. The lowest BCUT2D eigenvalue weighted by Gasteiger charge is -2.23. The zero-order chi connectivity index (χ0) is 23.1. The van der Waals surface area contributed by atoms with Crippen molar-refractivity contribution in [3.63, 3.8) is 0 Å². The number of amides is 2. The summed E-state index contributed by atoms with van der Waals surface area (Å²) < 4.78 is 1.97. The molecule has 0 saturated heterocycles. The zero-order valence-corrected chi connectivity index (χ0v) is 20.5. The Balaban J connectivity index is 1.68. The fraction of sp³-hybridized carbons (Fsp3) is 0.565. The van der Waals surface area contributed by atoms with Crippen molar-refractivity contribution < 1.29 is 9.59 Å². The minimum Gasteiger partial charge on any atom is -0.353 e. The molecule has 1 aliphatic carbocycles. The molecule has 2 aromatic rings. The molecular formula is C23H32ClN5O2S. The van der Waals surface area contributed by atoms with E-state index in [0.29, 0.717) is 39.9 Å². The molecule has 1 aliphatic rings. The highest BCUT2D eigenvalue weighted by Crippen LogP contribution is 2.26. The monoisotopic (exact) mass is 477 g/mol. The highest BCUT2D eigenvalue weighted by Gasteiger charge is 2.27. The number of benzene rings is 1. The standard InChI is InChI=1S/C23H32ClN5O2S/c1-4-29-21(20(15(2)3)26-22(31)17-12-8-9-13-18(17)24)27-28-23(29)32-14-19(30)25-16-10-6-5-7-11-16/h8-9,12-13,15-16,20H,4-7,10-11,14H2,1-3H3,(H,25,30)(H,26,31). The third-order valence-electron chi connectivity index (χ3n) is 5.71. The van der Waals surface area contributed by atoms with Crippen molar-refractivity contribution in [2.75, 3.05) is 5.75 Å². The van der Waals surface area contributed by atoms with Crippen LogP contribution in [-0.2, 0) is 11.3 Å². The number of carbonyl (C=O) groups excluding carboxylic acids is 2. The van der Waals surface area contributed by atoms with E-state index in [1.54, 1.807) is 24.3 Å². The minimum absolute atomic E-state index is 0.0292. The average Bonchev–Trinajstić information content (AvgIpc) is 3.19. The summed E-state index contributed by atoms with van der Waals surface area (Å²) in [5.74, 6) is 0.844. The summed E-state index contributed by atoms with van der Waals surface area (Å²) in [6, 6.07) is 6.93. The van der Waals surface area contributed by atoms with Crippen LogP contribution in [0.25, 0.3) is 0 Å². The summed E-state index contributed by atoms with van der Waals surface area (Å²) in [7, 11) is 0. The minimum atomic E-state index is -0.336. The number of rotatable bonds is 9. The number of halogens is 1. The van der Waals surface area contributed by atoms with Crippen molar-refractivity contribution in [3.8, 4) is 0 Å². The van der Waals surface area contributed by atoms with Crippen LogP contribution in [0.1, 0.15) is 75.1 Å². The normalized spacial score (nSPS) is 15.5. The van der Waals surface area contributed by atoms with Crippen LogP contribution < -0.4 is 10.6 Å². The lowest BCUT2D eigenvalue weighted by Crippen LogP contribution is -2.37. The van der Waals surface area contributed by atoms with E-state index in [9.17, 15) is 9.59 Å². The van der Waals surface area contributed by atoms with E-state index < -0.39 is 0 Å². The first-order chi connectivity index (χ1) is 15.4. The van der Waals surface area contributed by atoms with Gasteiger partial charge < -0.3 is 15.2 Å². The molecule has 9 heteroatoms. The van der Waals surface area contributed by atoms with Gasteiger partial charge in [-0.1, -0.05) is 68.6 Å². The topological polar surface area (TPSA) is 88.9 Å². The molecule has 2 amide bonds. The van der Waals surface area contributed by atoms with Crippen molar-refractivity contribution in [1.82, 2.24) is 25.4 Å². The Morgan fingerprint density at radius 3 is 2.56 bits per heavy atom. The van der Waals surface area contributed by atoms with Gasteiger partial charge in [0, 0.05) is 12.6 Å². The maximum absolute atomic E-state index is 12.9. The summed E-state index contributed by atoms with van der Waals surface area (Å²) in [4.78, 5) is 25.3. The predicted molar refractivity (Wildman–Crippen MR) is 128 cm³/mol. The zero-order valence-electron chi connectivity index (χ0n) is 18.9. The van der Waals surface area contributed by atoms with Gasteiger partial charge >= 0.3 is 0 Å². The highest BCUT2D eigenvalue weighted by atomic mass is 35.5. The van der Waals surface area contributed by atoms with Crippen LogP contribution in [0.3, 0.4) is 0 Å². The Hall–Kier alpha value is -2.06. The number of carbonyl (C=O) groups is 2. The molecule has 32 heavy (non-hydrogen) atoms. The molecule has 0 aliphatic heterocycles. The van der Waals surface area contributed by atoms with Gasteiger partial charge in [0.1, 0.15) is 0 Å². The van der Waals surface area contributed by atoms with Crippen LogP contribution in [-0.4, -0.2) is 38.4 Å². The first-order valence-electron chi connectivity index (χ1n) is 11.3. The van der Waals surface area contributed by atoms with Gasteiger partial charge in [0.15, 0.2) is 11.0 Å². The number of nitrogens with one attached hydrogen (secondary N) is 2. The van der Waals surface area contributed by atoms with Gasteiger partial charge in [0.05, 0.1) is 22.4 Å². The summed E-state index contributed by atoms with van der Waals surface area (Å²) in [6.07, 6.45) is 5.75. The second kappa shape index (κ2) is 11.7. The van der Waals surface area contributed by atoms with E-state index in [2.05, 4.69) is 20.8 Å². The number of aromatic nitrogens is 3. The van der Waals surface area contributed by atoms with Gasteiger partial charge in [0.2, 0.25) is 5.91 Å². The molecule has 1 unspecified atom stereocenters. The smallest absolute Gasteiger partial charge is 0.253 e. The second-order valence-corrected chi connectivity index (χ2v) is 9.80. The Bertz CT molecular complexity index is 927. The van der Waals surface area contributed by atoms with E-state index >= 15 is 0 Å². The van der Waals surface area contributed by atoms with E-state index in [0.717, 1.165) is 12.8 Å². The summed E-state index contributed by atoms with van der Waals surface area (Å²) in [5.41, 5.74) is 0.427. The highest BCUT2D eigenvalue weighted by molar-refractivity contribution is 7.99. The van der Waals surface area contributed by atoms with E-state index in [4.69, 9.17) is 11.6 Å². The largest absolute Gasteiger partial charge is 0.353 e. The van der Waals surface area contributed by atoms with Crippen molar-refractivity contribution in [1.29, 1.82) is 0 Å². The Kier molecular flexibility index (Phi) is 8.99. The van der Waals surface area contributed by atoms with Gasteiger partial charge in [-0.25, -0.2) is 0 Å². The number of thioether (sulfide) groups is 1. The summed E-state index contributed by atoms with van der Waals surface area (Å²) in [6.45, 7) is 6.69. The average molecular weight is 478 g/mol. The summed E-state index contributed by atoms with van der Waals surface area (Å²) in [5, 5.41) is 16.0. The van der Waals surface area contributed by atoms with E-state index in [1.165, 1.54) is 31.0 Å². The molecule has 0 radical (unpaired) electrons. The number of hydrogen-bond acceptors (Lipinski definition) is 5. The Morgan fingerprint density at radius 1 is 1.19 bits per heavy atom. The SMILES string of the molecule is CCn1c(SCC(=O)NC2CCCCC2)nnc1C(NC(=O)c1ccccc1Cl)C(C)C. The Morgan fingerprint density at radius 2 is 1.91 bits per heavy atom. The second-order valence-electron chi connectivity index (χ2n) is 8.45. The molecule has 1 aromatic heterocycles. The van der Waals surface area contributed by atoms with Crippen molar-refractivity contribution >= 4 is 35.2 Å². The molecule has 7 nitrogen and oxygen atoms in total. The van der Waals surface area contributed by atoms with Gasteiger partial charge in [-0.3, -0.25) is 9.59 Å². The number of nitrogens with zero attached hydrogens (tertiary/aromatic N) is 3. The molecule has 1 fully saturated rings. The first kappa shape index (κ1) is 24.6. The molecule has 0 bridgehead atoms. The van der Waals surface area contributed by atoms with Crippen molar-refractivity contribution in [2.45, 2.75) is 76.7 Å². The van der Waals surface area contributed by atoms with Crippen LogP contribution in [0.2, 0.25) is 5.02 Å². The molecule has 174 valence electrons. The van der Waals surface area contributed by atoms with E-state index in [-0.39, 0.29) is 23.8 Å². The Labute approximate surface area is 199 Å². The lowest BCUT2D eigenvalue weighted by atomic mass is 9.95. The maximum Gasteiger partial charge on any atom is 0.253 e. The molecule has 0 spiro atoms. The maximum atomic E-state index is 12.9. The summed E-state index contributed by atoms with van der Waals surface area (Å²) >= 11 is 7.58. The van der Waals surface area contributed by atoms with Gasteiger partial charge in [-0.05, 0) is 37.8 Å². The third-order valence-corrected chi connectivity index (χ3v) is 7.01. The lowest BCUT2D eigenvalue weighted by molar-refractivity contribution is -0.119. The predicted octanol–water partition coefficient (Wildman–Crippen LogP) is 4.62. The van der Waals surface area contributed by atoms with Gasteiger partial charge in [-0.15, -0.1) is 10.2 Å². The molecular weight excluding hydrogens is 446 g/mol. The van der Waals surface area contributed by atoms with Crippen LogP contribution in [0, 0.1) is 5.92 Å². The molecule has 2 N–H and O–H groups in total. The van der Waals surface area contributed by atoms with Crippen LogP contribution in [0.4, 0.5) is 0 Å².